The lowest BCUT2D eigenvalue weighted by Crippen LogP contribution is -2.19. The molecule has 0 saturated carbocycles. The second-order valence-electron chi connectivity index (χ2n) is 5.13. The number of hydrogen-bond acceptors (Lipinski definition) is 3. The van der Waals surface area contributed by atoms with Crippen LogP contribution < -0.4 is 5.56 Å². The largest absolute Gasteiger partial charge is 0.306 e. The average Bonchev–Trinajstić information content (AvgIpc) is 2.62. The van der Waals surface area contributed by atoms with E-state index in [1.807, 2.05) is 34.0 Å². The van der Waals surface area contributed by atoms with Gasteiger partial charge in [-0.2, -0.15) is 5.10 Å². The van der Waals surface area contributed by atoms with Gasteiger partial charge < -0.3 is 4.98 Å². The highest BCUT2D eigenvalue weighted by Crippen LogP contribution is 2.20. The monoisotopic (exact) mass is 232 g/mol. The van der Waals surface area contributed by atoms with E-state index in [0.29, 0.717) is 5.82 Å². The highest BCUT2D eigenvalue weighted by Gasteiger charge is 2.17. The third kappa shape index (κ3) is 2.43. The fourth-order valence-electron chi connectivity index (χ4n) is 1.52. The summed E-state index contributed by atoms with van der Waals surface area (Å²) in [5, 5.41) is 4.07. The van der Waals surface area contributed by atoms with Crippen molar-refractivity contribution >= 4 is 0 Å². The molecule has 0 aliphatic rings. The molecule has 0 bridgehead atoms. The number of hydrogen-bond donors (Lipinski definition) is 1. The van der Waals surface area contributed by atoms with Gasteiger partial charge >= 0.3 is 0 Å². The Hall–Kier alpha value is -1.91. The molecule has 0 unspecified atom stereocenters. The molecular weight excluding hydrogens is 216 g/mol. The van der Waals surface area contributed by atoms with Crippen molar-refractivity contribution in [1.29, 1.82) is 0 Å². The van der Waals surface area contributed by atoms with E-state index >= 15 is 0 Å². The van der Waals surface area contributed by atoms with Gasteiger partial charge in [-0.05, 0) is 0 Å². The van der Waals surface area contributed by atoms with E-state index in [2.05, 4.69) is 15.1 Å². The van der Waals surface area contributed by atoms with Crippen molar-refractivity contribution < 1.29 is 0 Å². The van der Waals surface area contributed by atoms with Crippen molar-refractivity contribution in [2.45, 2.75) is 26.2 Å². The normalized spacial score (nSPS) is 11.8. The Balaban J connectivity index is 2.57. The molecule has 0 aliphatic carbocycles. The highest BCUT2D eigenvalue weighted by molar-refractivity contribution is 5.52. The predicted octanol–water partition coefficient (Wildman–Crippen LogP) is 1.47. The molecule has 0 radical (unpaired) electrons. The van der Waals surface area contributed by atoms with E-state index in [1.165, 1.54) is 0 Å². The number of rotatable bonds is 1. The minimum Gasteiger partial charge on any atom is -0.306 e. The van der Waals surface area contributed by atoms with Crippen molar-refractivity contribution in [3.8, 4) is 11.4 Å². The van der Waals surface area contributed by atoms with E-state index < -0.39 is 0 Å². The predicted molar refractivity (Wildman–Crippen MR) is 65.8 cm³/mol. The van der Waals surface area contributed by atoms with Crippen LogP contribution in [0.5, 0.6) is 0 Å². The first-order valence-corrected chi connectivity index (χ1v) is 5.47. The van der Waals surface area contributed by atoms with Gasteiger partial charge in [-0.1, -0.05) is 20.8 Å². The Morgan fingerprint density at radius 2 is 2.06 bits per heavy atom. The van der Waals surface area contributed by atoms with Crippen LogP contribution in [0.3, 0.4) is 0 Å². The summed E-state index contributed by atoms with van der Waals surface area (Å²) in [6.07, 6.45) is 3.51. The second-order valence-corrected chi connectivity index (χ2v) is 5.13. The molecule has 1 N–H and O–H groups in total. The number of H-pyrrole nitrogens is 1. The summed E-state index contributed by atoms with van der Waals surface area (Å²) < 4.78 is 1.68. The molecule has 0 aromatic carbocycles. The molecule has 2 aromatic rings. The van der Waals surface area contributed by atoms with E-state index in [1.54, 1.807) is 16.9 Å². The first-order chi connectivity index (χ1) is 7.86. The molecule has 17 heavy (non-hydrogen) atoms. The summed E-state index contributed by atoms with van der Waals surface area (Å²) in [6.45, 7) is 6.09. The molecule has 5 nitrogen and oxygen atoms in total. The molecule has 0 aliphatic heterocycles. The summed E-state index contributed by atoms with van der Waals surface area (Å²) >= 11 is 0. The van der Waals surface area contributed by atoms with Gasteiger partial charge in [0, 0.05) is 24.7 Å². The lowest BCUT2D eigenvalue weighted by molar-refractivity contribution is 0.566. The smallest absolute Gasteiger partial charge is 0.251 e. The molecule has 2 heterocycles. The van der Waals surface area contributed by atoms with Crippen LogP contribution in [0.4, 0.5) is 0 Å². The lowest BCUT2D eigenvalue weighted by atomic mass is 9.92. The van der Waals surface area contributed by atoms with Crippen molar-refractivity contribution in [3.63, 3.8) is 0 Å². The summed E-state index contributed by atoms with van der Waals surface area (Å²) in [4.78, 5) is 18.8. The van der Waals surface area contributed by atoms with Crippen LogP contribution in [0, 0.1) is 0 Å². The van der Waals surface area contributed by atoms with Crippen LogP contribution in [-0.4, -0.2) is 19.7 Å². The Morgan fingerprint density at radius 3 is 2.59 bits per heavy atom. The molecule has 2 rings (SSSR count). The average molecular weight is 232 g/mol. The Labute approximate surface area is 99.5 Å². The van der Waals surface area contributed by atoms with Gasteiger partial charge in [-0.3, -0.25) is 9.48 Å². The zero-order chi connectivity index (χ0) is 12.6. The maximum absolute atomic E-state index is 11.6. The fraction of sp³-hybridized carbons (Fsp3) is 0.417. The van der Waals surface area contributed by atoms with Gasteiger partial charge in [0.25, 0.3) is 5.56 Å². The van der Waals surface area contributed by atoms with Crippen LogP contribution >= 0.6 is 0 Å². The highest BCUT2D eigenvalue weighted by atomic mass is 16.1. The van der Waals surface area contributed by atoms with Crippen LogP contribution in [0.1, 0.15) is 26.5 Å². The maximum atomic E-state index is 11.6. The molecule has 90 valence electrons. The molecule has 0 atom stereocenters. The zero-order valence-corrected chi connectivity index (χ0v) is 10.5. The molecule has 0 amide bonds. The van der Waals surface area contributed by atoms with E-state index in [0.717, 1.165) is 11.3 Å². The van der Waals surface area contributed by atoms with Gasteiger partial charge in [0.15, 0.2) is 0 Å². The van der Waals surface area contributed by atoms with Gasteiger partial charge in [-0.15, -0.1) is 0 Å². The summed E-state index contributed by atoms with van der Waals surface area (Å²) in [5.41, 5.74) is 1.31. The molecule has 0 fully saturated rings. The molecule has 5 heteroatoms. The Kier molecular flexibility index (Phi) is 2.61. The topological polar surface area (TPSA) is 63.6 Å². The number of aryl methyl sites for hydroxylation is 1. The summed E-state index contributed by atoms with van der Waals surface area (Å²) in [7, 11) is 1.83. The molecule has 0 saturated heterocycles. The van der Waals surface area contributed by atoms with Gasteiger partial charge in [-0.25, -0.2) is 4.98 Å². The van der Waals surface area contributed by atoms with Crippen LogP contribution in [-0.2, 0) is 12.5 Å². The van der Waals surface area contributed by atoms with Crippen LogP contribution in [0.15, 0.2) is 23.3 Å². The van der Waals surface area contributed by atoms with Crippen molar-refractivity contribution in [2.75, 3.05) is 0 Å². The molecular formula is C12H16N4O. The van der Waals surface area contributed by atoms with Crippen LogP contribution in [0.2, 0.25) is 0 Å². The van der Waals surface area contributed by atoms with E-state index in [9.17, 15) is 4.79 Å². The maximum Gasteiger partial charge on any atom is 0.251 e. The number of nitrogens with zero attached hydrogens (tertiary/aromatic N) is 3. The third-order valence-electron chi connectivity index (χ3n) is 2.49. The fourth-order valence-corrected chi connectivity index (χ4v) is 1.52. The van der Waals surface area contributed by atoms with Crippen molar-refractivity contribution in [2.24, 2.45) is 7.05 Å². The van der Waals surface area contributed by atoms with Crippen LogP contribution in [0.25, 0.3) is 11.4 Å². The second kappa shape index (κ2) is 3.84. The summed E-state index contributed by atoms with van der Waals surface area (Å²) in [5.74, 6) is 0.565. The van der Waals surface area contributed by atoms with Crippen molar-refractivity contribution in [3.05, 3.63) is 34.5 Å². The number of nitrogens with one attached hydrogen (secondary N) is 1. The first-order valence-electron chi connectivity index (χ1n) is 5.47. The number of aromatic amines is 1. The Morgan fingerprint density at radius 1 is 1.35 bits per heavy atom. The van der Waals surface area contributed by atoms with Gasteiger partial charge in [0.1, 0.15) is 5.82 Å². The van der Waals surface area contributed by atoms with Gasteiger partial charge in [0.05, 0.1) is 17.5 Å². The number of aromatic nitrogens is 4. The molecule has 0 spiro atoms. The SMILES string of the molecule is Cn1cc(-c2nc(C(C)(C)C)cc(=O)[nH]2)cn1. The zero-order valence-electron chi connectivity index (χ0n) is 10.5. The Bertz CT molecular complexity index is 589. The van der Waals surface area contributed by atoms with Gasteiger partial charge in [0.2, 0.25) is 0 Å². The van der Waals surface area contributed by atoms with E-state index in [4.69, 9.17) is 0 Å². The lowest BCUT2D eigenvalue weighted by Gasteiger charge is -2.17. The molecule has 2 aromatic heterocycles. The standard InChI is InChI=1S/C12H16N4O/c1-12(2,3)9-5-10(17)15-11(14-9)8-6-13-16(4)7-8/h5-7H,1-4H3,(H,14,15,17). The minimum atomic E-state index is -0.148. The third-order valence-corrected chi connectivity index (χ3v) is 2.49. The summed E-state index contributed by atoms with van der Waals surface area (Å²) in [6, 6.07) is 1.54. The minimum absolute atomic E-state index is 0.135. The quantitative estimate of drug-likeness (QED) is 0.809. The van der Waals surface area contributed by atoms with E-state index in [-0.39, 0.29) is 11.0 Å². The first kappa shape index (κ1) is 11.6. The van der Waals surface area contributed by atoms with Crippen molar-refractivity contribution in [1.82, 2.24) is 19.7 Å².